The van der Waals surface area contributed by atoms with Gasteiger partial charge in [0, 0.05) is 30.7 Å². The van der Waals surface area contributed by atoms with E-state index in [0.717, 1.165) is 38.0 Å². The van der Waals surface area contributed by atoms with Crippen molar-refractivity contribution >= 4 is 23.5 Å². The quantitative estimate of drug-likeness (QED) is 0.760. The number of hydrogen-bond acceptors (Lipinski definition) is 4. The summed E-state index contributed by atoms with van der Waals surface area (Å²) in [7, 11) is 0. The van der Waals surface area contributed by atoms with E-state index in [2.05, 4.69) is 34.5 Å². The fraction of sp³-hybridized carbons (Fsp3) is 0.391. The van der Waals surface area contributed by atoms with Crippen LogP contribution in [0.3, 0.4) is 0 Å². The lowest BCUT2D eigenvalue weighted by Crippen LogP contribution is -2.46. The molecule has 2 atom stereocenters. The monoisotopic (exact) mass is 412 g/mol. The van der Waals surface area contributed by atoms with Crippen LogP contribution in [0.25, 0.3) is 0 Å². The number of piperidine rings is 1. The summed E-state index contributed by atoms with van der Waals surface area (Å²) in [6.45, 7) is 2.83. The number of ether oxygens (including phenoxy) is 1. The highest BCUT2D eigenvalue weighted by Crippen LogP contribution is 2.36. The molecule has 1 N–H and O–H groups in total. The van der Waals surface area contributed by atoms with Gasteiger partial charge in [0.25, 0.3) is 0 Å². The third-order valence-electron chi connectivity index (χ3n) is 5.73. The molecule has 2 saturated heterocycles. The predicted octanol–water partition coefficient (Wildman–Crippen LogP) is 3.73. The molecule has 1 amide bonds. The molecule has 152 valence electrons. The van der Waals surface area contributed by atoms with Gasteiger partial charge in [0.2, 0.25) is 5.91 Å². The number of hydrogen-bond donors (Lipinski definition) is 1. The molecule has 2 aromatic rings. The van der Waals surface area contributed by atoms with Crippen molar-refractivity contribution < 1.29 is 14.3 Å². The summed E-state index contributed by atoms with van der Waals surface area (Å²) in [6, 6.07) is 17.7. The van der Waals surface area contributed by atoms with Crippen LogP contribution in [-0.4, -0.2) is 35.9 Å². The number of esters is 1. The van der Waals surface area contributed by atoms with E-state index >= 15 is 0 Å². The lowest BCUT2D eigenvalue weighted by atomic mass is 9.93. The van der Waals surface area contributed by atoms with E-state index in [1.54, 1.807) is 12.1 Å². The zero-order chi connectivity index (χ0) is 20.2. The second kappa shape index (κ2) is 8.97. The van der Waals surface area contributed by atoms with Crippen molar-refractivity contribution in [1.29, 1.82) is 0 Å². The van der Waals surface area contributed by atoms with Gasteiger partial charge in [0.05, 0.1) is 12.3 Å². The molecule has 2 aromatic carbocycles. The maximum atomic E-state index is 12.9. The average Bonchev–Trinajstić information content (AvgIpc) is 3.13. The Hall–Kier alpha value is -2.37. The van der Waals surface area contributed by atoms with Gasteiger partial charge in [-0.15, -0.1) is 0 Å². The molecule has 2 aliphatic heterocycles. The summed E-state index contributed by atoms with van der Waals surface area (Å²) >= 11 is 5.95. The van der Waals surface area contributed by atoms with Gasteiger partial charge in [-0.1, -0.05) is 54.1 Å². The van der Waals surface area contributed by atoms with Crippen molar-refractivity contribution in [1.82, 2.24) is 10.2 Å². The van der Waals surface area contributed by atoms with E-state index in [4.69, 9.17) is 16.3 Å². The van der Waals surface area contributed by atoms with Crippen LogP contribution in [-0.2, 0) is 20.9 Å². The fourth-order valence-electron chi connectivity index (χ4n) is 4.13. The highest BCUT2D eigenvalue weighted by molar-refractivity contribution is 6.30. The smallest absolute Gasteiger partial charge is 0.307 e. The SMILES string of the molecule is O=C1C[C@H](C(=O)NC2CCN(Cc3ccccc3)CC2)[C@@H](c2ccc(Cl)cc2)O1. The molecule has 0 radical (unpaired) electrons. The van der Waals surface area contributed by atoms with Gasteiger partial charge in [-0.05, 0) is 36.1 Å². The van der Waals surface area contributed by atoms with Crippen LogP contribution < -0.4 is 5.32 Å². The van der Waals surface area contributed by atoms with Crippen molar-refractivity contribution in [2.75, 3.05) is 13.1 Å². The normalized spacial score (nSPS) is 23.0. The van der Waals surface area contributed by atoms with Crippen LogP contribution in [0.4, 0.5) is 0 Å². The molecule has 5 nitrogen and oxygen atoms in total. The number of nitrogens with one attached hydrogen (secondary N) is 1. The third kappa shape index (κ3) is 4.98. The lowest BCUT2D eigenvalue weighted by molar-refractivity contribution is -0.141. The summed E-state index contributed by atoms with van der Waals surface area (Å²) < 4.78 is 5.44. The summed E-state index contributed by atoms with van der Waals surface area (Å²) in [5.74, 6) is -0.925. The second-order valence-electron chi connectivity index (χ2n) is 7.82. The van der Waals surface area contributed by atoms with Gasteiger partial charge >= 0.3 is 5.97 Å². The maximum Gasteiger partial charge on any atom is 0.307 e. The summed E-state index contributed by atoms with van der Waals surface area (Å²) in [6.07, 6.45) is 1.39. The molecule has 4 rings (SSSR count). The van der Waals surface area contributed by atoms with Crippen molar-refractivity contribution in [3.05, 3.63) is 70.7 Å². The van der Waals surface area contributed by atoms with Crippen molar-refractivity contribution in [3.8, 4) is 0 Å². The maximum absolute atomic E-state index is 12.9. The molecule has 29 heavy (non-hydrogen) atoms. The van der Waals surface area contributed by atoms with E-state index in [-0.39, 0.29) is 24.3 Å². The molecule has 2 fully saturated rings. The first kappa shape index (κ1) is 19.9. The molecule has 0 aromatic heterocycles. The third-order valence-corrected chi connectivity index (χ3v) is 5.98. The number of carbonyl (C=O) groups excluding carboxylic acids is 2. The van der Waals surface area contributed by atoms with E-state index in [1.807, 2.05) is 18.2 Å². The molecule has 0 aliphatic carbocycles. The topological polar surface area (TPSA) is 58.6 Å². The Bertz CT molecular complexity index is 848. The predicted molar refractivity (Wildman–Crippen MR) is 111 cm³/mol. The van der Waals surface area contributed by atoms with E-state index < -0.39 is 12.0 Å². The Morgan fingerprint density at radius 2 is 1.76 bits per heavy atom. The van der Waals surface area contributed by atoms with E-state index in [9.17, 15) is 9.59 Å². The number of halogens is 1. The van der Waals surface area contributed by atoms with Gasteiger partial charge in [0.15, 0.2) is 0 Å². The van der Waals surface area contributed by atoms with Crippen LogP contribution >= 0.6 is 11.6 Å². The number of benzene rings is 2. The zero-order valence-electron chi connectivity index (χ0n) is 16.2. The molecule has 2 aliphatic rings. The van der Waals surface area contributed by atoms with Gasteiger partial charge in [0.1, 0.15) is 6.10 Å². The van der Waals surface area contributed by atoms with Gasteiger partial charge in [-0.25, -0.2) is 0 Å². The number of likely N-dealkylation sites (tertiary alicyclic amines) is 1. The molecular weight excluding hydrogens is 388 g/mol. The van der Waals surface area contributed by atoms with E-state index in [0.29, 0.717) is 5.02 Å². The minimum Gasteiger partial charge on any atom is -0.457 e. The standard InChI is InChI=1S/C23H25ClN2O3/c24-18-8-6-17(7-9-18)22-20(14-21(27)29-22)23(28)25-19-10-12-26(13-11-19)15-16-4-2-1-3-5-16/h1-9,19-20,22H,10-15H2,(H,25,28)/t20-,22+/m0/s1. The minimum absolute atomic E-state index is 0.0997. The number of carbonyl (C=O) groups is 2. The summed E-state index contributed by atoms with van der Waals surface area (Å²) in [4.78, 5) is 27.2. The molecule has 0 bridgehead atoms. The Morgan fingerprint density at radius 3 is 2.45 bits per heavy atom. The Balaban J connectivity index is 1.32. The largest absolute Gasteiger partial charge is 0.457 e. The summed E-state index contributed by atoms with van der Waals surface area (Å²) in [5, 5.41) is 3.77. The van der Waals surface area contributed by atoms with Gasteiger partial charge in [-0.2, -0.15) is 0 Å². The molecular formula is C23H25ClN2O3. The molecule has 0 spiro atoms. The summed E-state index contributed by atoms with van der Waals surface area (Å²) in [5.41, 5.74) is 2.11. The highest BCUT2D eigenvalue weighted by atomic mass is 35.5. The van der Waals surface area contributed by atoms with Crippen molar-refractivity contribution in [3.63, 3.8) is 0 Å². The van der Waals surface area contributed by atoms with Crippen LogP contribution in [0, 0.1) is 5.92 Å². The number of amides is 1. The van der Waals surface area contributed by atoms with Crippen molar-refractivity contribution in [2.24, 2.45) is 5.92 Å². The first-order valence-electron chi connectivity index (χ1n) is 10.1. The van der Waals surface area contributed by atoms with Crippen LogP contribution in [0.2, 0.25) is 5.02 Å². The van der Waals surface area contributed by atoms with Crippen LogP contribution in [0.5, 0.6) is 0 Å². The van der Waals surface area contributed by atoms with Gasteiger partial charge in [-0.3, -0.25) is 14.5 Å². The molecule has 0 saturated carbocycles. The molecule has 6 heteroatoms. The molecule has 0 unspecified atom stereocenters. The number of nitrogens with zero attached hydrogens (tertiary/aromatic N) is 1. The Morgan fingerprint density at radius 1 is 1.07 bits per heavy atom. The van der Waals surface area contributed by atoms with Gasteiger partial charge < -0.3 is 10.1 Å². The Kier molecular flexibility index (Phi) is 6.16. The first-order chi connectivity index (χ1) is 14.1. The molecule has 2 heterocycles. The zero-order valence-corrected chi connectivity index (χ0v) is 17.0. The van der Waals surface area contributed by atoms with Crippen LogP contribution in [0.1, 0.15) is 36.5 Å². The Labute approximate surface area is 176 Å². The minimum atomic E-state index is -0.544. The van der Waals surface area contributed by atoms with Crippen molar-refractivity contribution in [2.45, 2.75) is 38.0 Å². The lowest BCUT2D eigenvalue weighted by Gasteiger charge is -2.33. The number of cyclic esters (lactones) is 1. The second-order valence-corrected chi connectivity index (χ2v) is 8.25. The first-order valence-corrected chi connectivity index (χ1v) is 10.5. The average molecular weight is 413 g/mol. The highest BCUT2D eigenvalue weighted by Gasteiger charge is 2.41. The fourth-order valence-corrected chi connectivity index (χ4v) is 4.25. The number of rotatable bonds is 5. The van der Waals surface area contributed by atoms with Crippen LogP contribution in [0.15, 0.2) is 54.6 Å². The van der Waals surface area contributed by atoms with E-state index in [1.165, 1.54) is 5.56 Å².